The molecular formula is C14H25N3O. The standard InChI is InChI=1S/C14H25N3O/c1-4-7-15-12(13-11(3)6-10-18-13)14-16-8-9-17(14)5-2/h8-9,11-13,15H,4-7,10H2,1-3H3. The van der Waals surface area contributed by atoms with E-state index >= 15 is 0 Å². The van der Waals surface area contributed by atoms with E-state index in [1.807, 2.05) is 6.20 Å². The van der Waals surface area contributed by atoms with E-state index in [0.717, 1.165) is 38.4 Å². The summed E-state index contributed by atoms with van der Waals surface area (Å²) in [5.41, 5.74) is 0. The summed E-state index contributed by atoms with van der Waals surface area (Å²) in [6, 6.07) is 0.220. The number of rotatable bonds is 6. The lowest BCUT2D eigenvalue weighted by Gasteiger charge is -2.27. The second kappa shape index (κ2) is 6.34. The quantitative estimate of drug-likeness (QED) is 0.843. The van der Waals surface area contributed by atoms with Gasteiger partial charge in [0.25, 0.3) is 0 Å². The zero-order valence-corrected chi connectivity index (χ0v) is 11.7. The molecule has 2 heterocycles. The fourth-order valence-corrected chi connectivity index (χ4v) is 2.66. The van der Waals surface area contributed by atoms with Crippen molar-refractivity contribution in [2.45, 2.75) is 52.3 Å². The van der Waals surface area contributed by atoms with Crippen molar-refractivity contribution in [1.29, 1.82) is 0 Å². The molecule has 0 amide bonds. The number of ether oxygens (including phenoxy) is 1. The monoisotopic (exact) mass is 251 g/mol. The van der Waals surface area contributed by atoms with E-state index in [1.165, 1.54) is 0 Å². The molecule has 3 unspecified atom stereocenters. The van der Waals surface area contributed by atoms with Gasteiger partial charge < -0.3 is 14.6 Å². The van der Waals surface area contributed by atoms with Crippen molar-refractivity contribution >= 4 is 0 Å². The van der Waals surface area contributed by atoms with Crippen LogP contribution >= 0.6 is 0 Å². The molecule has 1 aliphatic heterocycles. The van der Waals surface area contributed by atoms with Gasteiger partial charge in [0.05, 0.1) is 12.1 Å². The molecule has 0 radical (unpaired) electrons. The van der Waals surface area contributed by atoms with Gasteiger partial charge in [-0.15, -0.1) is 0 Å². The Balaban J connectivity index is 2.18. The lowest BCUT2D eigenvalue weighted by Crippen LogP contribution is -2.37. The van der Waals surface area contributed by atoms with Crippen LogP contribution in [0.3, 0.4) is 0 Å². The van der Waals surface area contributed by atoms with Gasteiger partial charge in [0.1, 0.15) is 5.82 Å². The average Bonchev–Trinajstić information content (AvgIpc) is 2.99. The molecule has 0 aromatic carbocycles. The number of imidazole rings is 1. The van der Waals surface area contributed by atoms with Crippen LogP contribution in [0, 0.1) is 5.92 Å². The van der Waals surface area contributed by atoms with Gasteiger partial charge in [-0.3, -0.25) is 0 Å². The molecular weight excluding hydrogens is 226 g/mol. The third-order valence-electron chi connectivity index (χ3n) is 3.75. The van der Waals surface area contributed by atoms with Crippen molar-refractivity contribution in [2.24, 2.45) is 5.92 Å². The zero-order chi connectivity index (χ0) is 13.0. The Morgan fingerprint density at radius 2 is 2.39 bits per heavy atom. The molecule has 1 fully saturated rings. The average molecular weight is 251 g/mol. The molecule has 4 nitrogen and oxygen atoms in total. The number of hydrogen-bond acceptors (Lipinski definition) is 3. The van der Waals surface area contributed by atoms with Crippen molar-refractivity contribution in [3.8, 4) is 0 Å². The van der Waals surface area contributed by atoms with Crippen LogP contribution in [0.2, 0.25) is 0 Å². The van der Waals surface area contributed by atoms with Gasteiger partial charge in [-0.1, -0.05) is 13.8 Å². The maximum atomic E-state index is 5.93. The summed E-state index contributed by atoms with van der Waals surface area (Å²) >= 11 is 0. The van der Waals surface area contributed by atoms with E-state index in [1.54, 1.807) is 0 Å². The van der Waals surface area contributed by atoms with Crippen molar-refractivity contribution in [3.63, 3.8) is 0 Å². The van der Waals surface area contributed by atoms with Crippen LogP contribution in [0.1, 0.15) is 45.5 Å². The lowest BCUT2D eigenvalue weighted by atomic mass is 9.97. The SMILES string of the molecule is CCCNC(c1nccn1CC)C1OCCC1C. The molecule has 1 saturated heterocycles. The Morgan fingerprint density at radius 1 is 1.56 bits per heavy atom. The number of nitrogens with zero attached hydrogens (tertiary/aromatic N) is 2. The highest BCUT2D eigenvalue weighted by Gasteiger charge is 2.34. The van der Waals surface area contributed by atoms with Crippen molar-refractivity contribution in [1.82, 2.24) is 14.9 Å². The maximum absolute atomic E-state index is 5.93. The van der Waals surface area contributed by atoms with E-state index in [9.17, 15) is 0 Å². The predicted molar refractivity (Wildman–Crippen MR) is 72.5 cm³/mol. The minimum atomic E-state index is 0.220. The van der Waals surface area contributed by atoms with Crippen LogP contribution in [0.4, 0.5) is 0 Å². The molecule has 4 heteroatoms. The normalized spacial score (nSPS) is 25.5. The molecule has 0 aliphatic carbocycles. The predicted octanol–water partition coefficient (Wildman–Crippen LogP) is 2.37. The summed E-state index contributed by atoms with van der Waals surface area (Å²) in [5, 5.41) is 3.61. The van der Waals surface area contributed by atoms with E-state index in [4.69, 9.17) is 4.74 Å². The third kappa shape index (κ3) is 2.75. The largest absolute Gasteiger partial charge is 0.376 e. The molecule has 1 aromatic heterocycles. The van der Waals surface area contributed by atoms with E-state index in [0.29, 0.717) is 5.92 Å². The van der Waals surface area contributed by atoms with Gasteiger partial charge in [-0.05, 0) is 32.2 Å². The van der Waals surface area contributed by atoms with Gasteiger partial charge >= 0.3 is 0 Å². The van der Waals surface area contributed by atoms with Crippen LogP contribution in [-0.2, 0) is 11.3 Å². The van der Waals surface area contributed by atoms with Crippen LogP contribution < -0.4 is 5.32 Å². The van der Waals surface area contributed by atoms with Crippen molar-refractivity contribution in [2.75, 3.05) is 13.2 Å². The number of hydrogen-bond donors (Lipinski definition) is 1. The summed E-state index contributed by atoms with van der Waals surface area (Å²) < 4.78 is 8.14. The third-order valence-corrected chi connectivity index (χ3v) is 3.75. The molecule has 1 aromatic rings. The second-order valence-electron chi connectivity index (χ2n) is 5.10. The van der Waals surface area contributed by atoms with Crippen LogP contribution in [-0.4, -0.2) is 28.8 Å². The van der Waals surface area contributed by atoms with Crippen molar-refractivity contribution < 1.29 is 4.74 Å². The Morgan fingerprint density at radius 3 is 3.00 bits per heavy atom. The smallest absolute Gasteiger partial charge is 0.128 e. The molecule has 3 atom stereocenters. The Hall–Kier alpha value is -0.870. The molecule has 0 spiro atoms. The molecule has 18 heavy (non-hydrogen) atoms. The highest BCUT2D eigenvalue weighted by Crippen LogP contribution is 2.30. The van der Waals surface area contributed by atoms with E-state index < -0.39 is 0 Å². The summed E-state index contributed by atoms with van der Waals surface area (Å²) in [6.45, 7) is 9.46. The van der Waals surface area contributed by atoms with E-state index in [2.05, 4.69) is 41.8 Å². The molecule has 102 valence electrons. The highest BCUT2D eigenvalue weighted by atomic mass is 16.5. The van der Waals surface area contributed by atoms with Crippen LogP contribution in [0.15, 0.2) is 12.4 Å². The summed E-state index contributed by atoms with van der Waals surface area (Å²) in [6.07, 6.45) is 6.48. The Bertz CT molecular complexity index is 364. The van der Waals surface area contributed by atoms with Gasteiger partial charge in [0, 0.05) is 25.5 Å². The highest BCUT2D eigenvalue weighted by molar-refractivity contribution is 5.04. The zero-order valence-electron chi connectivity index (χ0n) is 11.7. The fourth-order valence-electron chi connectivity index (χ4n) is 2.66. The number of aryl methyl sites for hydroxylation is 1. The Kier molecular flexibility index (Phi) is 4.78. The molecule has 2 rings (SSSR count). The van der Waals surface area contributed by atoms with Crippen LogP contribution in [0.25, 0.3) is 0 Å². The number of nitrogens with one attached hydrogen (secondary N) is 1. The maximum Gasteiger partial charge on any atom is 0.128 e. The van der Waals surface area contributed by atoms with Crippen molar-refractivity contribution in [3.05, 3.63) is 18.2 Å². The van der Waals surface area contributed by atoms with Gasteiger partial charge in [-0.2, -0.15) is 0 Å². The molecule has 1 N–H and O–H groups in total. The summed E-state index contributed by atoms with van der Waals surface area (Å²) in [4.78, 5) is 4.54. The van der Waals surface area contributed by atoms with E-state index in [-0.39, 0.29) is 12.1 Å². The van der Waals surface area contributed by atoms with Gasteiger partial charge in [0.15, 0.2) is 0 Å². The second-order valence-corrected chi connectivity index (χ2v) is 5.10. The first kappa shape index (κ1) is 13.6. The minimum absolute atomic E-state index is 0.220. The van der Waals surface area contributed by atoms with Gasteiger partial charge in [-0.25, -0.2) is 4.98 Å². The number of aromatic nitrogens is 2. The van der Waals surface area contributed by atoms with Crippen LogP contribution in [0.5, 0.6) is 0 Å². The minimum Gasteiger partial charge on any atom is -0.376 e. The molecule has 0 bridgehead atoms. The molecule has 0 saturated carbocycles. The lowest BCUT2D eigenvalue weighted by molar-refractivity contribution is 0.0570. The fraction of sp³-hybridized carbons (Fsp3) is 0.786. The first-order valence-corrected chi connectivity index (χ1v) is 7.13. The molecule has 1 aliphatic rings. The Labute approximate surface area is 110 Å². The summed E-state index contributed by atoms with van der Waals surface area (Å²) in [5.74, 6) is 1.71. The van der Waals surface area contributed by atoms with Gasteiger partial charge in [0.2, 0.25) is 0 Å². The first-order chi connectivity index (χ1) is 8.77. The summed E-state index contributed by atoms with van der Waals surface area (Å²) in [7, 11) is 0. The topological polar surface area (TPSA) is 39.1 Å². The first-order valence-electron chi connectivity index (χ1n) is 7.13.